The van der Waals surface area contributed by atoms with E-state index in [-0.39, 0.29) is 0 Å². The molecular weight excluding hydrogens is 236 g/mol. The molecule has 0 amide bonds. The highest BCUT2D eigenvalue weighted by Crippen LogP contribution is 2.20. The molecule has 0 fully saturated rings. The average molecular weight is 246 g/mol. The summed E-state index contributed by atoms with van der Waals surface area (Å²) in [6.45, 7) is 0. The molecule has 1 aromatic heterocycles. The van der Waals surface area contributed by atoms with Gasteiger partial charge in [0, 0.05) is 12.4 Å². The van der Waals surface area contributed by atoms with Crippen molar-refractivity contribution in [3.63, 3.8) is 0 Å². The van der Waals surface area contributed by atoms with E-state index in [1.807, 2.05) is 0 Å². The van der Waals surface area contributed by atoms with Gasteiger partial charge < -0.3 is 9.84 Å². The first-order chi connectivity index (χ1) is 8.65. The quantitative estimate of drug-likeness (QED) is 0.871. The average Bonchev–Trinajstić information content (AvgIpc) is 2.38. The molecule has 2 aromatic rings. The molecule has 0 unspecified atom stereocenters. The second kappa shape index (κ2) is 4.70. The van der Waals surface area contributed by atoms with Crippen molar-refractivity contribution in [2.45, 2.75) is 0 Å². The van der Waals surface area contributed by atoms with Crippen LogP contribution < -0.4 is 10.3 Å². The van der Waals surface area contributed by atoms with E-state index < -0.39 is 17.2 Å². The third-order valence-corrected chi connectivity index (χ3v) is 2.39. The van der Waals surface area contributed by atoms with Crippen molar-refractivity contribution in [2.75, 3.05) is 7.11 Å². The molecule has 6 nitrogen and oxygen atoms in total. The van der Waals surface area contributed by atoms with Crippen LogP contribution in [-0.4, -0.2) is 27.7 Å². The van der Waals surface area contributed by atoms with Gasteiger partial charge in [0.05, 0.1) is 12.8 Å². The van der Waals surface area contributed by atoms with Crippen LogP contribution in [0.1, 0.15) is 10.5 Å². The van der Waals surface area contributed by atoms with Crippen LogP contribution in [0.3, 0.4) is 0 Å². The van der Waals surface area contributed by atoms with Crippen LogP contribution in [0.25, 0.3) is 5.69 Å². The Morgan fingerprint density at radius 1 is 1.39 bits per heavy atom. The molecule has 0 aliphatic carbocycles. The first kappa shape index (κ1) is 11.8. The minimum atomic E-state index is -1.36. The number of rotatable bonds is 3. The molecule has 92 valence electrons. The van der Waals surface area contributed by atoms with Crippen LogP contribution in [0.4, 0.5) is 0 Å². The number of ether oxygens (including phenoxy) is 1. The van der Waals surface area contributed by atoms with Crippen LogP contribution in [0.15, 0.2) is 41.5 Å². The predicted molar refractivity (Wildman–Crippen MR) is 63.3 cm³/mol. The molecular formula is C12H10N2O4. The summed E-state index contributed by atoms with van der Waals surface area (Å²) < 4.78 is 6.32. The van der Waals surface area contributed by atoms with Gasteiger partial charge in [0.25, 0.3) is 5.56 Å². The van der Waals surface area contributed by atoms with E-state index in [1.165, 1.54) is 24.1 Å². The topological polar surface area (TPSA) is 81.4 Å². The summed E-state index contributed by atoms with van der Waals surface area (Å²) >= 11 is 0. The molecule has 0 atom stereocenters. The molecule has 0 aliphatic rings. The normalized spacial score (nSPS) is 10.1. The van der Waals surface area contributed by atoms with E-state index in [0.29, 0.717) is 11.4 Å². The molecule has 0 bridgehead atoms. The first-order valence-corrected chi connectivity index (χ1v) is 5.09. The van der Waals surface area contributed by atoms with Gasteiger partial charge in [-0.05, 0) is 12.1 Å². The maximum atomic E-state index is 11.9. The standard InChI is InChI=1S/C12H10N2O4/c1-18-9-5-3-2-4-8(9)14-7-6-13-10(11(14)15)12(16)17/h2-7H,1H3,(H,16,17). The molecule has 2 rings (SSSR count). The Kier molecular flexibility index (Phi) is 3.09. The molecule has 18 heavy (non-hydrogen) atoms. The molecule has 0 aliphatic heterocycles. The number of hydrogen-bond acceptors (Lipinski definition) is 4. The lowest BCUT2D eigenvalue weighted by Gasteiger charge is -2.10. The number of para-hydroxylation sites is 2. The minimum Gasteiger partial charge on any atom is -0.495 e. The zero-order chi connectivity index (χ0) is 13.1. The molecule has 6 heteroatoms. The second-order valence-electron chi connectivity index (χ2n) is 3.43. The van der Waals surface area contributed by atoms with Crippen molar-refractivity contribution in [3.8, 4) is 11.4 Å². The van der Waals surface area contributed by atoms with Crippen LogP contribution in [0.5, 0.6) is 5.75 Å². The summed E-state index contributed by atoms with van der Waals surface area (Å²) in [5.41, 5.74) is -0.757. The summed E-state index contributed by atoms with van der Waals surface area (Å²) in [5, 5.41) is 8.86. The maximum Gasteiger partial charge on any atom is 0.360 e. The fourth-order valence-electron chi connectivity index (χ4n) is 1.58. The highest BCUT2D eigenvalue weighted by atomic mass is 16.5. The van der Waals surface area contributed by atoms with Crippen molar-refractivity contribution in [2.24, 2.45) is 0 Å². The molecule has 0 saturated carbocycles. The Morgan fingerprint density at radius 2 is 2.11 bits per heavy atom. The van der Waals surface area contributed by atoms with Gasteiger partial charge in [-0.15, -0.1) is 0 Å². The van der Waals surface area contributed by atoms with Crippen molar-refractivity contribution in [1.82, 2.24) is 9.55 Å². The summed E-state index contributed by atoms with van der Waals surface area (Å²) in [7, 11) is 1.48. The minimum absolute atomic E-state index is 0.468. The van der Waals surface area contributed by atoms with E-state index in [2.05, 4.69) is 4.98 Å². The predicted octanol–water partition coefficient (Wildman–Crippen LogP) is 0.939. The monoisotopic (exact) mass is 246 g/mol. The SMILES string of the molecule is COc1ccccc1-n1ccnc(C(=O)O)c1=O. The van der Waals surface area contributed by atoms with E-state index in [4.69, 9.17) is 9.84 Å². The number of hydrogen-bond donors (Lipinski definition) is 1. The molecule has 1 aromatic carbocycles. The van der Waals surface area contributed by atoms with Gasteiger partial charge in [-0.25, -0.2) is 9.78 Å². The Hall–Kier alpha value is -2.63. The first-order valence-electron chi connectivity index (χ1n) is 5.09. The van der Waals surface area contributed by atoms with E-state index in [0.717, 1.165) is 0 Å². The van der Waals surface area contributed by atoms with Gasteiger partial charge in [-0.1, -0.05) is 12.1 Å². The lowest BCUT2D eigenvalue weighted by Crippen LogP contribution is -2.26. The Labute approximate surface area is 102 Å². The number of carboxylic acid groups (broad SMARTS) is 1. The smallest absolute Gasteiger partial charge is 0.360 e. The van der Waals surface area contributed by atoms with Gasteiger partial charge in [-0.3, -0.25) is 9.36 Å². The van der Waals surface area contributed by atoms with Gasteiger partial charge in [0.2, 0.25) is 5.69 Å². The fraction of sp³-hybridized carbons (Fsp3) is 0.0833. The van der Waals surface area contributed by atoms with Crippen molar-refractivity contribution < 1.29 is 14.6 Å². The van der Waals surface area contributed by atoms with Gasteiger partial charge in [0.1, 0.15) is 5.75 Å². The van der Waals surface area contributed by atoms with E-state index in [1.54, 1.807) is 24.3 Å². The highest BCUT2D eigenvalue weighted by molar-refractivity contribution is 5.84. The largest absolute Gasteiger partial charge is 0.495 e. The zero-order valence-electron chi connectivity index (χ0n) is 9.53. The van der Waals surface area contributed by atoms with E-state index >= 15 is 0 Å². The van der Waals surface area contributed by atoms with E-state index in [9.17, 15) is 9.59 Å². The van der Waals surface area contributed by atoms with Crippen molar-refractivity contribution in [1.29, 1.82) is 0 Å². The lowest BCUT2D eigenvalue weighted by molar-refractivity contribution is 0.0688. The maximum absolute atomic E-state index is 11.9. The van der Waals surface area contributed by atoms with Crippen molar-refractivity contribution >= 4 is 5.97 Å². The number of aromatic carboxylic acids is 1. The summed E-state index contributed by atoms with van der Waals surface area (Å²) in [6, 6.07) is 6.83. The van der Waals surface area contributed by atoms with Crippen LogP contribution in [0.2, 0.25) is 0 Å². The van der Waals surface area contributed by atoms with Crippen molar-refractivity contribution in [3.05, 3.63) is 52.7 Å². The van der Waals surface area contributed by atoms with Gasteiger partial charge in [0.15, 0.2) is 0 Å². The molecule has 0 saturated heterocycles. The molecule has 1 heterocycles. The summed E-state index contributed by atoms with van der Waals surface area (Å²) in [4.78, 5) is 26.3. The second-order valence-corrected chi connectivity index (χ2v) is 3.43. The number of carboxylic acids is 1. The summed E-state index contributed by atoms with van der Waals surface area (Å²) in [6.07, 6.45) is 2.66. The zero-order valence-corrected chi connectivity index (χ0v) is 9.53. The summed E-state index contributed by atoms with van der Waals surface area (Å²) in [5.74, 6) is -0.883. The Bertz CT molecular complexity index is 649. The number of nitrogens with zero attached hydrogens (tertiary/aromatic N) is 2. The molecule has 0 spiro atoms. The van der Waals surface area contributed by atoms with Crippen LogP contribution >= 0.6 is 0 Å². The fourth-order valence-corrected chi connectivity index (χ4v) is 1.58. The molecule has 0 radical (unpaired) electrons. The Balaban J connectivity index is 2.69. The number of methoxy groups -OCH3 is 1. The number of carbonyl (C=O) groups is 1. The Morgan fingerprint density at radius 3 is 2.78 bits per heavy atom. The highest BCUT2D eigenvalue weighted by Gasteiger charge is 2.14. The van der Waals surface area contributed by atoms with Crippen LogP contribution in [0, 0.1) is 0 Å². The van der Waals surface area contributed by atoms with Crippen LogP contribution in [-0.2, 0) is 0 Å². The molecule has 1 N–H and O–H groups in total. The number of aromatic nitrogens is 2. The van der Waals surface area contributed by atoms with Gasteiger partial charge >= 0.3 is 5.97 Å². The lowest BCUT2D eigenvalue weighted by atomic mass is 10.3. The number of benzene rings is 1. The van der Waals surface area contributed by atoms with Gasteiger partial charge in [-0.2, -0.15) is 0 Å². The third-order valence-electron chi connectivity index (χ3n) is 2.39. The third kappa shape index (κ3) is 1.95.